The van der Waals surface area contributed by atoms with Crippen molar-refractivity contribution in [3.8, 4) is 11.5 Å². The molecule has 1 N–H and O–H groups in total. The molecular weight excluding hydrogens is 332 g/mol. The van der Waals surface area contributed by atoms with Gasteiger partial charge in [-0.25, -0.2) is 14.8 Å². The van der Waals surface area contributed by atoms with Crippen molar-refractivity contribution in [1.29, 1.82) is 0 Å². The Morgan fingerprint density at radius 2 is 2.04 bits per heavy atom. The third-order valence-electron chi connectivity index (χ3n) is 4.53. The van der Waals surface area contributed by atoms with E-state index in [0.717, 1.165) is 35.5 Å². The smallest absolute Gasteiger partial charge is 0.356 e. The lowest BCUT2D eigenvalue weighted by Crippen LogP contribution is -2.31. The predicted octanol–water partition coefficient (Wildman–Crippen LogP) is 1.53. The number of rotatable bonds is 4. The van der Waals surface area contributed by atoms with Gasteiger partial charge in [0.1, 0.15) is 5.69 Å². The van der Waals surface area contributed by atoms with Gasteiger partial charge in [0.05, 0.1) is 0 Å². The molecule has 8 nitrogen and oxygen atoms in total. The van der Waals surface area contributed by atoms with E-state index in [1.807, 2.05) is 18.2 Å². The first-order valence-electron chi connectivity index (χ1n) is 8.34. The SMILES string of the molecule is Cn1nc(C(=O)O)c2c1CCN(Cc1cnc(-c3ccccn3)nc1)C2. The molecule has 0 fully saturated rings. The highest BCUT2D eigenvalue weighted by Crippen LogP contribution is 2.23. The van der Waals surface area contributed by atoms with E-state index < -0.39 is 5.97 Å². The summed E-state index contributed by atoms with van der Waals surface area (Å²) in [5.41, 5.74) is 3.67. The number of carboxylic acids is 1. The molecule has 8 heteroatoms. The summed E-state index contributed by atoms with van der Waals surface area (Å²) in [4.78, 5) is 26.6. The fraction of sp³-hybridized carbons (Fsp3) is 0.278. The molecule has 0 saturated carbocycles. The van der Waals surface area contributed by atoms with Crippen molar-refractivity contribution in [3.05, 3.63) is 59.3 Å². The Bertz CT molecular complexity index is 936. The molecule has 3 aromatic heterocycles. The van der Waals surface area contributed by atoms with Crippen molar-refractivity contribution in [2.45, 2.75) is 19.5 Å². The highest BCUT2D eigenvalue weighted by atomic mass is 16.4. The molecule has 0 spiro atoms. The highest BCUT2D eigenvalue weighted by molar-refractivity contribution is 5.87. The van der Waals surface area contributed by atoms with Gasteiger partial charge in [0, 0.05) is 68.5 Å². The molecule has 1 aliphatic rings. The Morgan fingerprint density at radius 3 is 2.73 bits per heavy atom. The van der Waals surface area contributed by atoms with Crippen molar-refractivity contribution in [3.63, 3.8) is 0 Å². The third kappa shape index (κ3) is 3.06. The van der Waals surface area contributed by atoms with E-state index >= 15 is 0 Å². The van der Waals surface area contributed by atoms with Gasteiger partial charge in [-0.1, -0.05) is 6.07 Å². The normalized spacial score (nSPS) is 14.2. The Hall–Kier alpha value is -3.13. The standard InChI is InChI=1S/C18H18N6O2/c1-23-15-5-7-24(11-13(15)16(22-23)18(25)26)10-12-8-20-17(21-9-12)14-4-2-3-6-19-14/h2-4,6,8-9H,5,7,10-11H2,1H3,(H,25,26). The van der Waals surface area contributed by atoms with Crippen LogP contribution in [0.2, 0.25) is 0 Å². The zero-order chi connectivity index (χ0) is 18.1. The predicted molar refractivity (Wildman–Crippen MR) is 93.2 cm³/mol. The first-order valence-corrected chi connectivity index (χ1v) is 8.34. The third-order valence-corrected chi connectivity index (χ3v) is 4.53. The summed E-state index contributed by atoms with van der Waals surface area (Å²) in [7, 11) is 1.80. The van der Waals surface area contributed by atoms with E-state index in [0.29, 0.717) is 18.9 Å². The summed E-state index contributed by atoms with van der Waals surface area (Å²) in [6.07, 6.45) is 6.09. The van der Waals surface area contributed by atoms with E-state index in [1.165, 1.54) is 0 Å². The Morgan fingerprint density at radius 1 is 1.23 bits per heavy atom. The molecule has 0 saturated heterocycles. The molecule has 0 aromatic carbocycles. The molecule has 0 amide bonds. The van der Waals surface area contributed by atoms with Crippen LogP contribution in [0.5, 0.6) is 0 Å². The van der Waals surface area contributed by atoms with Crippen LogP contribution in [-0.2, 0) is 26.6 Å². The van der Waals surface area contributed by atoms with Crippen LogP contribution in [0.4, 0.5) is 0 Å². The molecule has 1 aliphatic heterocycles. The van der Waals surface area contributed by atoms with E-state index in [4.69, 9.17) is 0 Å². The number of nitrogens with zero attached hydrogens (tertiary/aromatic N) is 6. The molecule has 0 atom stereocenters. The summed E-state index contributed by atoms with van der Waals surface area (Å²) in [6, 6.07) is 5.63. The minimum atomic E-state index is -0.980. The summed E-state index contributed by atoms with van der Waals surface area (Å²) in [5.74, 6) is -0.387. The molecule has 132 valence electrons. The summed E-state index contributed by atoms with van der Waals surface area (Å²) in [6.45, 7) is 2.07. The van der Waals surface area contributed by atoms with Crippen LogP contribution in [0, 0.1) is 0 Å². The lowest BCUT2D eigenvalue weighted by Gasteiger charge is -2.27. The zero-order valence-electron chi connectivity index (χ0n) is 14.3. The van der Waals surface area contributed by atoms with E-state index in [9.17, 15) is 9.90 Å². The molecule has 4 heterocycles. The first-order chi connectivity index (χ1) is 12.6. The quantitative estimate of drug-likeness (QED) is 0.762. The van der Waals surface area contributed by atoms with Crippen LogP contribution in [0.25, 0.3) is 11.5 Å². The maximum absolute atomic E-state index is 11.4. The minimum absolute atomic E-state index is 0.147. The lowest BCUT2D eigenvalue weighted by atomic mass is 10.0. The van der Waals surface area contributed by atoms with Crippen LogP contribution >= 0.6 is 0 Å². The monoisotopic (exact) mass is 350 g/mol. The van der Waals surface area contributed by atoms with Gasteiger partial charge < -0.3 is 5.11 Å². The van der Waals surface area contributed by atoms with Gasteiger partial charge in [0.25, 0.3) is 0 Å². The number of hydrogen-bond acceptors (Lipinski definition) is 6. The molecular formula is C18H18N6O2. The average molecular weight is 350 g/mol. The summed E-state index contributed by atoms with van der Waals surface area (Å²) < 4.78 is 1.68. The molecule has 3 aromatic rings. The number of pyridine rings is 1. The van der Waals surface area contributed by atoms with Crippen molar-refractivity contribution in [2.24, 2.45) is 7.05 Å². The maximum atomic E-state index is 11.4. The fourth-order valence-electron chi connectivity index (χ4n) is 3.28. The summed E-state index contributed by atoms with van der Waals surface area (Å²) in [5, 5.41) is 13.5. The molecule has 0 radical (unpaired) electrons. The van der Waals surface area contributed by atoms with Gasteiger partial charge in [-0.3, -0.25) is 14.6 Å². The highest BCUT2D eigenvalue weighted by Gasteiger charge is 2.27. The average Bonchev–Trinajstić information content (AvgIpc) is 3.00. The largest absolute Gasteiger partial charge is 0.476 e. The van der Waals surface area contributed by atoms with Gasteiger partial charge in [-0.15, -0.1) is 0 Å². The number of hydrogen-bond donors (Lipinski definition) is 1. The van der Waals surface area contributed by atoms with E-state index in [-0.39, 0.29) is 5.69 Å². The maximum Gasteiger partial charge on any atom is 0.356 e. The second-order valence-electron chi connectivity index (χ2n) is 6.29. The first kappa shape index (κ1) is 16.3. The second-order valence-corrected chi connectivity index (χ2v) is 6.29. The zero-order valence-corrected chi connectivity index (χ0v) is 14.3. The Labute approximate surface area is 150 Å². The number of aryl methyl sites for hydroxylation is 1. The van der Waals surface area contributed by atoms with Gasteiger partial charge in [-0.05, 0) is 12.1 Å². The van der Waals surface area contributed by atoms with Gasteiger partial charge in [0.15, 0.2) is 11.5 Å². The van der Waals surface area contributed by atoms with E-state index in [1.54, 1.807) is 30.3 Å². The minimum Gasteiger partial charge on any atom is -0.476 e. The van der Waals surface area contributed by atoms with Crippen LogP contribution in [0.3, 0.4) is 0 Å². The second kappa shape index (κ2) is 6.64. The van der Waals surface area contributed by atoms with Crippen molar-refractivity contribution >= 4 is 5.97 Å². The number of aromatic carboxylic acids is 1. The molecule has 26 heavy (non-hydrogen) atoms. The van der Waals surface area contributed by atoms with Crippen LogP contribution in [-0.4, -0.2) is 47.3 Å². The number of fused-ring (bicyclic) bond motifs is 1. The Balaban J connectivity index is 1.50. The van der Waals surface area contributed by atoms with Gasteiger partial charge in [0.2, 0.25) is 0 Å². The van der Waals surface area contributed by atoms with E-state index in [2.05, 4.69) is 25.0 Å². The number of aromatic nitrogens is 5. The number of carboxylic acid groups (broad SMARTS) is 1. The molecule has 0 bridgehead atoms. The van der Waals surface area contributed by atoms with Crippen molar-refractivity contribution in [2.75, 3.05) is 6.54 Å². The fourth-order valence-corrected chi connectivity index (χ4v) is 3.28. The summed E-state index contributed by atoms with van der Waals surface area (Å²) >= 11 is 0. The Kier molecular flexibility index (Phi) is 4.18. The van der Waals surface area contributed by atoms with Crippen molar-refractivity contribution in [1.82, 2.24) is 29.6 Å². The molecule has 0 aliphatic carbocycles. The topological polar surface area (TPSA) is 97.0 Å². The van der Waals surface area contributed by atoms with Crippen LogP contribution in [0.15, 0.2) is 36.8 Å². The lowest BCUT2D eigenvalue weighted by molar-refractivity contribution is 0.0687. The van der Waals surface area contributed by atoms with Gasteiger partial charge in [-0.2, -0.15) is 5.10 Å². The molecule has 4 rings (SSSR count). The van der Waals surface area contributed by atoms with Gasteiger partial charge >= 0.3 is 5.97 Å². The number of carbonyl (C=O) groups is 1. The van der Waals surface area contributed by atoms with Crippen molar-refractivity contribution < 1.29 is 9.90 Å². The van der Waals surface area contributed by atoms with Crippen LogP contribution in [0.1, 0.15) is 27.3 Å². The van der Waals surface area contributed by atoms with Crippen LogP contribution < -0.4 is 0 Å². The molecule has 0 unspecified atom stereocenters.